The van der Waals surface area contributed by atoms with Gasteiger partial charge < -0.3 is 14.6 Å². The maximum absolute atomic E-state index is 12.2. The summed E-state index contributed by atoms with van der Waals surface area (Å²) in [4.78, 5) is 12.2. The molecule has 0 radical (unpaired) electrons. The number of carbonyl (C=O) groups excluding carboxylic acids is 1. The molecule has 148 valence electrons. The number of benzene rings is 2. The zero-order valence-electron chi connectivity index (χ0n) is 16.4. The molecular formula is C24H28O4. The van der Waals surface area contributed by atoms with E-state index in [1.54, 1.807) is 0 Å². The molecule has 1 N–H and O–H groups in total. The van der Waals surface area contributed by atoms with Crippen molar-refractivity contribution in [1.29, 1.82) is 0 Å². The normalized spacial score (nSPS) is 16.8. The first kappa shape index (κ1) is 20.0. The molecule has 0 aromatic heterocycles. The van der Waals surface area contributed by atoms with E-state index >= 15 is 0 Å². The summed E-state index contributed by atoms with van der Waals surface area (Å²) in [5.41, 5.74) is 2.63. The largest absolute Gasteiger partial charge is 0.512 e. The van der Waals surface area contributed by atoms with Gasteiger partial charge in [0.1, 0.15) is 24.2 Å². The summed E-state index contributed by atoms with van der Waals surface area (Å²) in [7, 11) is 0. The van der Waals surface area contributed by atoms with Crippen molar-refractivity contribution in [2.45, 2.75) is 58.2 Å². The topological polar surface area (TPSA) is 55.8 Å². The Labute approximate surface area is 166 Å². The van der Waals surface area contributed by atoms with Gasteiger partial charge in [-0.1, -0.05) is 62.2 Å². The van der Waals surface area contributed by atoms with Crippen molar-refractivity contribution in [3.8, 4) is 5.75 Å². The summed E-state index contributed by atoms with van der Waals surface area (Å²) in [6.07, 6.45) is 4.27. The summed E-state index contributed by atoms with van der Waals surface area (Å²) < 4.78 is 11.3. The number of unbranched alkanes of at least 4 members (excludes halogenated alkanes) is 1. The maximum Gasteiger partial charge on any atom is 0.337 e. The van der Waals surface area contributed by atoms with Crippen LogP contribution < -0.4 is 4.74 Å². The highest BCUT2D eigenvalue weighted by molar-refractivity contribution is 5.89. The van der Waals surface area contributed by atoms with Gasteiger partial charge in [-0.25, -0.2) is 4.79 Å². The first-order valence-corrected chi connectivity index (χ1v) is 10.0. The van der Waals surface area contributed by atoms with E-state index in [4.69, 9.17) is 9.47 Å². The van der Waals surface area contributed by atoms with E-state index in [9.17, 15) is 9.90 Å². The van der Waals surface area contributed by atoms with Crippen LogP contribution in [0.25, 0.3) is 0 Å². The zero-order chi connectivity index (χ0) is 19.8. The van der Waals surface area contributed by atoms with Crippen molar-refractivity contribution >= 4 is 5.97 Å². The molecule has 1 aliphatic rings. The number of hydrogen-bond donors (Lipinski definition) is 1. The van der Waals surface area contributed by atoms with Crippen LogP contribution in [0.2, 0.25) is 0 Å². The molecule has 1 aliphatic heterocycles. The van der Waals surface area contributed by atoms with E-state index < -0.39 is 0 Å². The van der Waals surface area contributed by atoms with Crippen molar-refractivity contribution in [3.63, 3.8) is 0 Å². The third kappa shape index (κ3) is 5.62. The predicted octanol–water partition coefficient (Wildman–Crippen LogP) is 5.52. The highest BCUT2D eigenvalue weighted by atomic mass is 16.5. The maximum atomic E-state index is 12.2. The molecule has 0 spiro atoms. The van der Waals surface area contributed by atoms with Crippen LogP contribution in [0.3, 0.4) is 0 Å². The van der Waals surface area contributed by atoms with E-state index in [0.29, 0.717) is 31.4 Å². The Morgan fingerprint density at radius 2 is 1.79 bits per heavy atom. The Kier molecular flexibility index (Phi) is 7.12. The minimum Gasteiger partial charge on any atom is -0.512 e. The number of hydrogen-bond acceptors (Lipinski definition) is 4. The van der Waals surface area contributed by atoms with Crippen molar-refractivity contribution in [2.75, 3.05) is 0 Å². The number of aliphatic hydroxyl groups is 1. The van der Waals surface area contributed by atoms with Gasteiger partial charge in [0.2, 0.25) is 0 Å². The number of esters is 1. The Balaban J connectivity index is 1.51. The van der Waals surface area contributed by atoms with Crippen molar-refractivity contribution in [3.05, 3.63) is 77.1 Å². The third-order valence-corrected chi connectivity index (χ3v) is 5.00. The number of cyclic esters (lactones) is 1. The summed E-state index contributed by atoms with van der Waals surface area (Å²) in [6, 6.07) is 17.9. The van der Waals surface area contributed by atoms with Gasteiger partial charge in [-0.2, -0.15) is 0 Å². The van der Waals surface area contributed by atoms with Gasteiger partial charge in [-0.05, 0) is 42.5 Å². The van der Waals surface area contributed by atoms with Gasteiger partial charge in [0.05, 0.1) is 5.57 Å². The Morgan fingerprint density at radius 3 is 2.46 bits per heavy atom. The fourth-order valence-corrected chi connectivity index (χ4v) is 3.32. The van der Waals surface area contributed by atoms with Crippen LogP contribution in [0.1, 0.15) is 50.2 Å². The van der Waals surface area contributed by atoms with Gasteiger partial charge in [0.25, 0.3) is 0 Å². The Bertz CT molecular complexity index is 793. The third-order valence-electron chi connectivity index (χ3n) is 5.00. The van der Waals surface area contributed by atoms with Crippen molar-refractivity contribution in [1.82, 2.24) is 0 Å². The summed E-state index contributed by atoms with van der Waals surface area (Å²) in [5.74, 6) is 0.637. The second kappa shape index (κ2) is 9.98. The molecule has 0 fully saturated rings. The van der Waals surface area contributed by atoms with E-state index in [1.807, 2.05) is 54.6 Å². The minimum atomic E-state index is -0.368. The van der Waals surface area contributed by atoms with Crippen LogP contribution in [0, 0.1) is 0 Å². The molecule has 0 amide bonds. The van der Waals surface area contributed by atoms with Crippen LogP contribution >= 0.6 is 0 Å². The molecule has 2 aromatic carbocycles. The highest BCUT2D eigenvalue weighted by Crippen LogP contribution is 2.26. The quantitative estimate of drug-likeness (QED) is 0.582. The number of aliphatic hydroxyl groups excluding tert-OH is 1. The minimum absolute atomic E-state index is 0.183. The van der Waals surface area contributed by atoms with Crippen LogP contribution in [-0.4, -0.2) is 17.2 Å². The fraction of sp³-hybridized carbons (Fsp3) is 0.375. The SMILES string of the molecule is CCCCC1CC(O)=C(CCc2ccc(OCc3ccccc3)cc2)C(=O)O1. The monoisotopic (exact) mass is 380 g/mol. The molecule has 4 nitrogen and oxygen atoms in total. The molecule has 1 heterocycles. The Morgan fingerprint density at radius 1 is 1.04 bits per heavy atom. The average molecular weight is 380 g/mol. The predicted molar refractivity (Wildman–Crippen MR) is 109 cm³/mol. The summed E-state index contributed by atoms with van der Waals surface area (Å²) in [5, 5.41) is 10.3. The lowest BCUT2D eigenvalue weighted by atomic mass is 9.98. The standard InChI is InChI=1S/C24H28O4/c1-2-3-9-21-16-23(25)22(24(26)28-21)15-12-18-10-13-20(14-11-18)27-17-19-7-5-4-6-8-19/h4-8,10-11,13-14,21,25H,2-3,9,12,15-17H2,1H3. The molecule has 0 saturated heterocycles. The highest BCUT2D eigenvalue weighted by Gasteiger charge is 2.28. The van der Waals surface area contributed by atoms with Crippen LogP contribution in [-0.2, 0) is 22.6 Å². The molecule has 1 unspecified atom stereocenters. The van der Waals surface area contributed by atoms with E-state index in [0.717, 1.165) is 36.1 Å². The molecule has 4 heteroatoms. The first-order chi connectivity index (χ1) is 13.7. The number of ether oxygens (including phenoxy) is 2. The summed E-state index contributed by atoms with van der Waals surface area (Å²) in [6.45, 7) is 2.63. The van der Waals surface area contributed by atoms with Crippen molar-refractivity contribution in [2.24, 2.45) is 0 Å². The molecule has 1 atom stereocenters. The van der Waals surface area contributed by atoms with Crippen LogP contribution in [0.15, 0.2) is 65.9 Å². The number of carbonyl (C=O) groups is 1. The number of aryl methyl sites for hydroxylation is 1. The molecule has 0 bridgehead atoms. The van der Waals surface area contributed by atoms with Gasteiger partial charge in [-0.15, -0.1) is 0 Å². The molecule has 2 aromatic rings. The van der Waals surface area contributed by atoms with Crippen molar-refractivity contribution < 1.29 is 19.4 Å². The molecular weight excluding hydrogens is 352 g/mol. The lowest BCUT2D eigenvalue weighted by Gasteiger charge is -2.24. The van der Waals surface area contributed by atoms with Gasteiger partial charge in [0, 0.05) is 6.42 Å². The molecule has 3 rings (SSSR count). The first-order valence-electron chi connectivity index (χ1n) is 10.0. The van der Waals surface area contributed by atoms with E-state index in [-0.39, 0.29) is 17.8 Å². The lowest BCUT2D eigenvalue weighted by molar-refractivity contribution is -0.147. The second-order valence-corrected chi connectivity index (χ2v) is 7.22. The van der Waals surface area contributed by atoms with Gasteiger partial charge >= 0.3 is 5.97 Å². The van der Waals surface area contributed by atoms with Crippen LogP contribution in [0.5, 0.6) is 5.75 Å². The summed E-state index contributed by atoms with van der Waals surface area (Å²) >= 11 is 0. The van der Waals surface area contributed by atoms with Gasteiger partial charge in [-0.3, -0.25) is 0 Å². The second-order valence-electron chi connectivity index (χ2n) is 7.22. The van der Waals surface area contributed by atoms with Crippen LogP contribution in [0.4, 0.5) is 0 Å². The molecule has 0 aliphatic carbocycles. The van der Waals surface area contributed by atoms with E-state index in [1.165, 1.54) is 0 Å². The lowest BCUT2D eigenvalue weighted by Crippen LogP contribution is -2.27. The number of rotatable bonds is 9. The average Bonchev–Trinajstić information content (AvgIpc) is 2.72. The molecule has 0 saturated carbocycles. The molecule has 28 heavy (non-hydrogen) atoms. The zero-order valence-corrected chi connectivity index (χ0v) is 16.4. The van der Waals surface area contributed by atoms with E-state index in [2.05, 4.69) is 6.92 Å². The van der Waals surface area contributed by atoms with Gasteiger partial charge in [0.15, 0.2) is 0 Å². The fourth-order valence-electron chi connectivity index (χ4n) is 3.32. The smallest absolute Gasteiger partial charge is 0.337 e. The Hall–Kier alpha value is -2.75.